The molecule has 12 heteroatoms. The van der Waals surface area contributed by atoms with Crippen molar-refractivity contribution in [3.63, 3.8) is 0 Å². The first kappa shape index (κ1) is 32.7. The topological polar surface area (TPSA) is 152 Å². The summed E-state index contributed by atoms with van der Waals surface area (Å²) in [6.07, 6.45) is -0.576. The highest BCUT2D eigenvalue weighted by molar-refractivity contribution is 7.12. The summed E-state index contributed by atoms with van der Waals surface area (Å²) in [6, 6.07) is 21.3. The number of benzene rings is 2. The largest absolute Gasteiger partial charge is 0.467 e. The summed E-state index contributed by atoms with van der Waals surface area (Å²) in [5.41, 5.74) is 1.87. The first-order valence-corrected chi connectivity index (χ1v) is 14.8. The van der Waals surface area contributed by atoms with Gasteiger partial charge in [0.15, 0.2) is 12.6 Å². The number of alkyl carbamates (subject to hydrolysis) is 1. The van der Waals surface area contributed by atoms with Crippen LogP contribution in [0.5, 0.6) is 5.75 Å². The Labute approximate surface area is 265 Å². The van der Waals surface area contributed by atoms with E-state index in [9.17, 15) is 19.6 Å². The lowest BCUT2D eigenvalue weighted by Gasteiger charge is -2.19. The molecule has 0 bridgehead atoms. The highest BCUT2D eigenvalue weighted by Crippen LogP contribution is 2.36. The second-order valence-corrected chi connectivity index (χ2v) is 11.6. The average molecular weight is 628 g/mol. The van der Waals surface area contributed by atoms with Gasteiger partial charge in [-0.3, -0.25) is 9.59 Å². The van der Waals surface area contributed by atoms with Gasteiger partial charge >= 0.3 is 6.09 Å². The number of carbonyl (C=O) groups is 3. The summed E-state index contributed by atoms with van der Waals surface area (Å²) in [5.74, 6) is -0.228. The smallest absolute Gasteiger partial charge is 0.407 e. The number of rotatable bonds is 11. The number of thiophene rings is 1. The fourth-order valence-electron chi connectivity index (χ4n) is 4.20. The van der Waals surface area contributed by atoms with Crippen LogP contribution in [0.15, 0.2) is 72.1 Å². The third kappa shape index (κ3) is 8.88. The molecule has 2 aromatic carbocycles. The summed E-state index contributed by atoms with van der Waals surface area (Å²) >= 11 is 1.26. The fourth-order valence-corrected chi connectivity index (χ4v) is 4.82. The summed E-state index contributed by atoms with van der Waals surface area (Å²) < 4.78 is 16.0. The molecular formula is C33H33N5O6S. The number of hydrogen-bond donors (Lipinski definition) is 3. The van der Waals surface area contributed by atoms with E-state index in [-0.39, 0.29) is 37.2 Å². The molecule has 3 N–H and O–H groups in total. The van der Waals surface area contributed by atoms with Crippen LogP contribution in [-0.4, -0.2) is 55.5 Å². The molecule has 0 fully saturated rings. The standard InChI is InChI=1S/C33H33N5O6S/c1-33(2,3)44-32(41)36-15-14-35-30(39)22-10-7-9-21(17-22)24-18-26(23-11-5-6-12-27(23)43-20-42-4)37-29(25(24)19-34)38-31(40)28-13-8-16-45-28/h5-13,16-18H,14-15,20H2,1-4H3,(H,35,39)(H,36,41)(H,37,38,40). The minimum absolute atomic E-state index is 0.00652. The van der Waals surface area contributed by atoms with Crippen molar-refractivity contribution in [3.8, 4) is 34.2 Å². The van der Waals surface area contributed by atoms with E-state index in [4.69, 9.17) is 14.2 Å². The molecular weight excluding hydrogens is 594 g/mol. The zero-order valence-electron chi connectivity index (χ0n) is 25.3. The monoisotopic (exact) mass is 627 g/mol. The van der Waals surface area contributed by atoms with Gasteiger partial charge in [0, 0.05) is 36.9 Å². The highest BCUT2D eigenvalue weighted by atomic mass is 32.1. The molecule has 3 amide bonds. The number of carbonyl (C=O) groups excluding carboxylic acids is 3. The van der Waals surface area contributed by atoms with E-state index in [1.807, 2.05) is 18.2 Å². The van der Waals surface area contributed by atoms with Gasteiger partial charge < -0.3 is 30.2 Å². The Bertz CT molecular complexity index is 1710. The van der Waals surface area contributed by atoms with E-state index in [1.54, 1.807) is 74.7 Å². The molecule has 0 aliphatic rings. The number of ether oxygens (including phenoxy) is 3. The number of anilines is 1. The summed E-state index contributed by atoms with van der Waals surface area (Å²) in [4.78, 5) is 43.1. The van der Waals surface area contributed by atoms with E-state index in [0.717, 1.165) is 0 Å². The van der Waals surface area contributed by atoms with Crippen LogP contribution in [0.2, 0.25) is 0 Å². The van der Waals surface area contributed by atoms with Crippen LogP contribution in [0.25, 0.3) is 22.4 Å². The number of methoxy groups -OCH3 is 1. The first-order chi connectivity index (χ1) is 21.6. The highest BCUT2D eigenvalue weighted by Gasteiger charge is 2.21. The van der Waals surface area contributed by atoms with Crippen molar-refractivity contribution in [2.75, 3.05) is 32.3 Å². The predicted octanol–water partition coefficient (Wildman–Crippen LogP) is 5.84. The minimum atomic E-state index is -0.630. The normalized spacial score (nSPS) is 10.8. The van der Waals surface area contributed by atoms with E-state index in [1.165, 1.54) is 18.4 Å². The number of amides is 3. The molecule has 0 saturated carbocycles. The summed E-state index contributed by atoms with van der Waals surface area (Å²) in [5, 5.41) is 20.2. The molecule has 0 atom stereocenters. The van der Waals surface area contributed by atoms with Gasteiger partial charge in [-0.25, -0.2) is 9.78 Å². The van der Waals surface area contributed by atoms with Crippen LogP contribution in [0, 0.1) is 11.3 Å². The second-order valence-electron chi connectivity index (χ2n) is 10.6. The summed E-state index contributed by atoms with van der Waals surface area (Å²) in [7, 11) is 1.51. The third-order valence-electron chi connectivity index (χ3n) is 6.12. The summed E-state index contributed by atoms with van der Waals surface area (Å²) in [6.45, 7) is 5.64. The lowest BCUT2D eigenvalue weighted by molar-refractivity contribution is 0.0514. The average Bonchev–Trinajstić information content (AvgIpc) is 3.56. The van der Waals surface area contributed by atoms with Gasteiger partial charge in [-0.05, 0) is 68.1 Å². The molecule has 0 aliphatic heterocycles. The first-order valence-electron chi connectivity index (χ1n) is 14.0. The number of nitrogens with one attached hydrogen (secondary N) is 3. The van der Waals surface area contributed by atoms with Gasteiger partial charge in [0.2, 0.25) is 0 Å². The molecule has 232 valence electrons. The lowest BCUT2D eigenvalue weighted by atomic mass is 9.96. The van der Waals surface area contributed by atoms with E-state index in [2.05, 4.69) is 27.0 Å². The zero-order chi connectivity index (χ0) is 32.4. The Kier molecular flexibility index (Phi) is 10.9. The van der Waals surface area contributed by atoms with Gasteiger partial charge in [-0.15, -0.1) is 11.3 Å². The Morgan fingerprint density at radius 2 is 1.71 bits per heavy atom. The van der Waals surface area contributed by atoms with Crippen LogP contribution >= 0.6 is 11.3 Å². The van der Waals surface area contributed by atoms with Gasteiger partial charge in [-0.1, -0.05) is 30.3 Å². The van der Waals surface area contributed by atoms with Gasteiger partial charge in [0.25, 0.3) is 11.8 Å². The van der Waals surface area contributed by atoms with Gasteiger partial charge in [-0.2, -0.15) is 5.26 Å². The Hall–Kier alpha value is -5.25. The molecule has 2 aromatic heterocycles. The Morgan fingerprint density at radius 3 is 2.42 bits per heavy atom. The number of aromatic nitrogens is 1. The molecule has 0 radical (unpaired) electrons. The molecule has 4 rings (SSSR count). The molecule has 0 aliphatic carbocycles. The number of nitrogens with zero attached hydrogens (tertiary/aromatic N) is 2. The van der Waals surface area contributed by atoms with E-state index >= 15 is 0 Å². The van der Waals surface area contributed by atoms with Crippen molar-refractivity contribution in [1.29, 1.82) is 5.26 Å². The van der Waals surface area contributed by atoms with Crippen LogP contribution in [0.3, 0.4) is 0 Å². The Morgan fingerprint density at radius 1 is 0.933 bits per heavy atom. The number of hydrogen-bond acceptors (Lipinski definition) is 9. The number of para-hydroxylation sites is 1. The van der Waals surface area contributed by atoms with Crippen molar-refractivity contribution in [3.05, 3.63) is 88.1 Å². The second kappa shape index (κ2) is 15.0. The molecule has 2 heterocycles. The maximum atomic E-state index is 13.0. The molecule has 0 unspecified atom stereocenters. The number of pyridine rings is 1. The quantitative estimate of drug-likeness (QED) is 0.139. The van der Waals surface area contributed by atoms with Crippen molar-refractivity contribution < 1.29 is 28.6 Å². The fraction of sp³-hybridized carbons (Fsp3) is 0.242. The van der Waals surface area contributed by atoms with Crippen LogP contribution in [0.4, 0.5) is 10.6 Å². The van der Waals surface area contributed by atoms with E-state index < -0.39 is 17.6 Å². The van der Waals surface area contributed by atoms with Crippen molar-refractivity contribution >= 4 is 35.1 Å². The van der Waals surface area contributed by atoms with E-state index in [0.29, 0.717) is 38.6 Å². The minimum Gasteiger partial charge on any atom is -0.467 e. The SMILES string of the molecule is COCOc1ccccc1-c1cc(-c2cccc(C(=O)NCCNC(=O)OC(C)(C)C)c2)c(C#N)c(NC(=O)c2cccs2)n1. The molecule has 11 nitrogen and oxygen atoms in total. The van der Waals surface area contributed by atoms with Gasteiger partial charge in [0.1, 0.15) is 23.0 Å². The maximum Gasteiger partial charge on any atom is 0.407 e. The number of nitriles is 1. The maximum absolute atomic E-state index is 13.0. The molecule has 0 spiro atoms. The van der Waals surface area contributed by atoms with Crippen LogP contribution in [-0.2, 0) is 9.47 Å². The van der Waals surface area contributed by atoms with Crippen molar-refractivity contribution in [2.45, 2.75) is 26.4 Å². The van der Waals surface area contributed by atoms with Crippen molar-refractivity contribution in [2.24, 2.45) is 0 Å². The molecule has 45 heavy (non-hydrogen) atoms. The lowest BCUT2D eigenvalue weighted by Crippen LogP contribution is -2.37. The van der Waals surface area contributed by atoms with Crippen molar-refractivity contribution in [1.82, 2.24) is 15.6 Å². The Balaban J connectivity index is 1.67. The zero-order valence-corrected chi connectivity index (χ0v) is 26.1. The predicted molar refractivity (Wildman–Crippen MR) is 171 cm³/mol. The molecule has 0 saturated heterocycles. The molecule has 4 aromatic rings. The third-order valence-corrected chi connectivity index (χ3v) is 6.99. The van der Waals surface area contributed by atoms with Crippen LogP contribution < -0.4 is 20.7 Å². The van der Waals surface area contributed by atoms with Gasteiger partial charge in [0.05, 0.1) is 10.6 Å². The van der Waals surface area contributed by atoms with Crippen LogP contribution in [0.1, 0.15) is 46.4 Å².